The summed E-state index contributed by atoms with van der Waals surface area (Å²) in [6, 6.07) is 13.4. The molecule has 0 saturated carbocycles. The monoisotopic (exact) mass is 321 g/mol. The first-order valence-corrected chi connectivity index (χ1v) is 7.20. The van der Waals surface area contributed by atoms with Crippen molar-refractivity contribution in [2.24, 2.45) is 0 Å². The number of aryl methyl sites for hydroxylation is 1. The minimum absolute atomic E-state index is 0.0645. The van der Waals surface area contributed by atoms with Gasteiger partial charge in [-0.1, -0.05) is 47.1 Å². The number of rotatable bonds is 4. The summed E-state index contributed by atoms with van der Waals surface area (Å²) in [7, 11) is 0. The van der Waals surface area contributed by atoms with E-state index in [0.717, 1.165) is 16.5 Å². The van der Waals surface area contributed by atoms with Gasteiger partial charge in [0.25, 0.3) is 0 Å². The van der Waals surface area contributed by atoms with Crippen LogP contribution in [-0.4, -0.2) is 0 Å². The molecule has 0 amide bonds. The molecule has 0 aliphatic heterocycles. The van der Waals surface area contributed by atoms with Crippen LogP contribution in [0.4, 0.5) is 10.1 Å². The average Bonchev–Trinajstić information content (AvgIpc) is 2.43. The van der Waals surface area contributed by atoms with Gasteiger partial charge in [-0.2, -0.15) is 0 Å². The van der Waals surface area contributed by atoms with Crippen LogP contribution in [0.3, 0.4) is 0 Å². The van der Waals surface area contributed by atoms with E-state index in [1.54, 1.807) is 12.1 Å². The SMILES string of the molecule is CCc1ccc(C(C)Nc2cc(Br)ccc2F)cc1. The second-order valence-electron chi connectivity index (χ2n) is 4.59. The lowest BCUT2D eigenvalue weighted by Crippen LogP contribution is -2.08. The summed E-state index contributed by atoms with van der Waals surface area (Å²) in [6.45, 7) is 4.16. The van der Waals surface area contributed by atoms with E-state index in [1.807, 2.05) is 6.92 Å². The summed E-state index contributed by atoms with van der Waals surface area (Å²) in [5.41, 5.74) is 2.97. The molecule has 2 aromatic rings. The molecule has 1 atom stereocenters. The molecule has 0 fully saturated rings. The van der Waals surface area contributed by atoms with Crippen LogP contribution in [-0.2, 0) is 6.42 Å². The van der Waals surface area contributed by atoms with Crippen LogP contribution in [0.1, 0.15) is 31.0 Å². The van der Waals surface area contributed by atoms with Crippen LogP contribution in [0, 0.1) is 5.82 Å². The van der Waals surface area contributed by atoms with Gasteiger partial charge in [0.15, 0.2) is 0 Å². The molecule has 0 spiro atoms. The largest absolute Gasteiger partial charge is 0.376 e. The van der Waals surface area contributed by atoms with Gasteiger partial charge in [-0.15, -0.1) is 0 Å². The minimum atomic E-state index is -0.236. The fourth-order valence-electron chi connectivity index (χ4n) is 1.97. The van der Waals surface area contributed by atoms with Gasteiger partial charge in [-0.25, -0.2) is 4.39 Å². The molecule has 0 radical (unpaired) electrons. The second kappa shape index (κ2) is 6.20. The predicted octanol–water partition coefficient (Wildman–Crippen LogP) is 5.32. The Morgan fingerprint density at radius 1 is 1.16 bits per heavy atom. The van der Waals surface area contributed by atoms with Gasteiger partial charge in [-0.3, -0.25) is 0 Å². The standard InChI is InChI=1S/C16H17BrFN/c1-3-12-4-6-13(7-5-12)11(2)19-16-10-14(17)8-9-15(16)18/h4-11,19H,3H2,1-2H3. The van der Waals surface area contributed by atoms with E-state index in [4.69, 9.17) is 0 Å². The lowest BCUT2D eigenvalue weighted by molar-refractivity contribution is 0.627. The summed E-state index contributed by atoms with van der Waals surface area (Å²) in [6.07, 6.45) is 1.03. The zero-order chi connectivity index (χ0) is 13.8. The fourth-order valence-corrected chi connectivity index (χ4v) is 2.33. The third-order valence-electron chi connectivity index (χ3n) is 3.19. The predicted molar refractivity (Wildman–Crippen MR) is 82.0 cm³/mol. The zero-order valence-electron chi connectivity index (χ0n) is 11.1. The van der Waals surface area contributed by atoms with Crippen molar-refractivity contribution in [2.75, 3.05) is 5.32 Å². The van der Waals surface area contributed by atoms with Gasteiger partial charge < -0.3 is 5.32 Å². The van der Waals surface area contributed by atoms with E-state index in [9.17, 15) is 4.39 Å². The van der Waals surface area contributed by atoms with Crippen LogP contribution in [0.2, 0.25) is 0 Å². The van der Waals surface area contributed by atoms with Gasteiger partial charge in [0.2, 0.25) is 0 Å². The molecule has 0 heterocycles. The molecule has 0 aliphatic rings. The van der Waals surface area contributed by atoms with E-state index in [-0.39, 0.29) is 11.9 Å². The molecule has 2 rings (SSSR count). The lowest BCUT2D eigenvalue weighted by Gasteiger charge is -2.17. The molecule has 1 N–H and O–H groups in total. The number of halogens is 2. The summed E-state index contributed by atoms with van der Waals surface area (Å²) in [4.78, 5) is 0. The molecule has 1 unspecified atom stereocenters. The normalized spacial score (nSPS) is 12.2. The van der Waals surface area contributed by atoms with Crippen molar-refractivity contribution in [3.63, 3.8) is 0 Å². The third kappa shape index (κ3) is 3.57. The molecule has 0 saturated heterocycles. The van der Waals surface area contributed by atoms with Crippen LogP contribution in [0.15, 0.2) is 46.9 Å². The van der Waals surface area contributed by atoms with E-state index in [2.05, 4.69) is 52.4 Å². The summed E-state index contributed by atoms with van der Waals surface area (Å²) < 4.78 is 14.5. The minimum Gasteiger partial charge on any atom is -0.376 e. The first kappa shape index (κ1) is 14.1. The topological polar surface area (TPSA) is 12.0 Å². The van der Waals surface area contributed by atoms with Crippen molar-refractivity contribution >= 4 is 21.6 Å². The maximum atomic E-state index is 13.7. The first-order chi connectivity index (χ1) is 9.10. The number of hydrogen-bond acceptors (Lipinski definition) is 1. The van der Waals surface area contributed by atoms with Gasteiger partial charge in [0.05, 0.1) is 5.69 Å². The van der Waals surface area contributed by atoms with Gasteiger partial charge in [0, 0.05) is 10.5 Å². The summed E-state index contributed by atoms with van der Waals surface area (Å²) in [5, 5.41) is 3.20. The van der Waals surface area contributed by atoms with Crippen molar-refractivity contribution in [3.8, 4) is 0 Å². The second-order valence-corrected chi connectivity index (χ2v) is 5.50. The number of benzene rings is 2. The fraction of sp³-hybridized carbons (Fsp3) is 0.250. The van der Waals surface area contributed by atoms with Crippen molar-refractivity contribution in [1.82, 2.24) is 0 Å². The number of hydrogen-bond donors (Lipinski definition) is 1. The van der Waals surface area contributed by atoms with E-state index < -0.39 is 0 Å². The maximum absolute atomic E-state index is 13.7. The van der Waals surface area contributed by atoms with Gasteiger partial charge in [-0.05, 0) is 42.7 Å². The Kier molecular flexibility index (Phi) is 4.59. The molecule has 100 valence electrons. The Bertz CT molecular complexity index is 551. The van der Waals surface area contributed by atoms with E-state index in [0.29, 0.717) is 5.69 Å². The average molecular weight is 322 g/mol. The maximum Gasteiger partial charge on any atom is 0.146 e. The lowest BCUT2D eigenvalue weighted by atomic mass is 10.0. The quantitative estimate of drug-likeness (QED) is 0.803. The van der Waals surface area contributed by atoms with Crippen molar-refractivity contribution in [3.05, 3.63) is 63.9 Å². The van der Waals surface area contributed by atoms with Crippen molar-refractivity contribution in [1.29, 1.82) is 0 Å². The summed E-state index contributed by atoms with van der Waals surface area (Å²) >= 11 is 3.35. The van der Waals surface area contributed by atoms with E-state index >= 15 is 0 Å². The van der Waals surface area contributed by atoms with Crippen LogP contribution in [0.25, 0.3) is 0 Å². The van der Waals surface area contributed by atoms with Crippen molar-refractivity contribution < 1.29 is 4.39 Å². The number of anilines is 1. The smallest absolute Gasteiger partial charge is 0.146 e. The van der Waals surface area contributed by atoms with Gasteiger partial charge in [0.1, 0.15) is 5.82 Å². The molecule has 0 bridgehead atoms. The Labute approximate surface area is 122 Å². The molecule has 0 aromatic heterocycles. The Morgan fingerprint density at radius 3 is 2.47 bits per heavy atom. The van der Waals surface area contributed by atoms with Crippen LogP contribution in [0.5, 0.6) is 0 Å². The highest BCUT2D eigenvalue weighted by atomic mass is 79.9. The molecule has 2 aromatic carbocycles. The Hall–Kier alpha value is -1.35. The molecule has 3 heteroatoms. The highest BCUT2D eigenvalue weighted by Gasteiger charge is 2.08. The molecular weight excluding hydrogens is 305 g/mol. The Balaban J connectivity index is 2.15. The zero-order valence-corrected chi connectivity index (χ0v) is 12.7. The molecule has 0 aliphatic carbocycles. The third-order valence-corrected chi connectivity index (χ3v) is 3.68. The first-order valence-electron chi connectivity index (χ1n) is 6.40. The Morgan fingerprint density at radius 2 is 1.84 bits per heavy atom. The van der Waals surface area contributed by atoms with Crippen molar-refractivity contribution in [2.45, 2.75) is 26.3 Å². The van der Waals surface area contributed by atoms with Gasteiger partial charge >= 0.3 is 0 Å². The molecule has 19 heavy (non-hydrogen) atoms. The van der Waals surface area contributed by atoms with Crippen LogP contribution < -0.4 is 5.32 Å². The highest BCUT2D eigenvalue weighted by Crippen LogP contribution is 2.25. The number of nitrogens with one attached hydrogen (secondary N) is 1. The highest BCUT2D eigenvalue weighted by molar-refractivity contribution is 9.10. The molecular formula is C16H17BrFN. The molecule has 1 nitrogen and oxygen atoms in total. The van der Waals surface area contributed by atoms with E-state index in [1.165, 1.54) is 11.6 Å². The summed E-state index contributed by atoms with van der Waals surface area (Å²) in [5.74, 6) is -0.236. The van der Waals surface area contributed by atoms with Crippen LogP contribution >= 0.6 is 15.9 Å².